The molecule has 2 aromatic rings. The molecule has 2 fully saturated rings. The monoisotopic (exact) mass is 426 g/mol. The summed E-state index contributed by atoms with van der Waals surface area (Å²) in [6.07, 6.45) is 15.1. The average Bonchev–Trinajstić information content (AvgIpc) is 2.79. The largest absolute Gasteiger partial charge is 0.486 e. The summed E-state index contributed by atoms with van der Waals surface area (Å²) in [7, 11) is 0. The van der Waals surface area contributed by atoms with Crippen LogP contribution >= 0.6 is 0 Å². The van der Waals surface area contributed by atoms with E-state index in [1.165, 1.54) is 51.0 Å². The second-order valence-corrected chi connectivity index (χ2v) is 9.70. The number of halogens is 2. The predicted molar refractivity (Wildman–Crippen MR) is 125 cm³/mol. The van der Waals surface area contributed by atoms with Gasteiger partial charge in [0.2, 0.25) is 0 Å². The first-order valence-electron chi connectivity index (χ1n) is 12.3. The normalized spacial score (nSPS) is 26.3. The van der Waals surface area contributed by atoms with Gasteiger partial charge in [0.05, 0.1) is 0 Å². The summed E-state index contributed by atoms with van der Waals surface area (Å²) in [5.74, 6) is 2.15. The topological polar surface area (TPSA) is 9.23 Å². The van der Waals surface area contributed by atoms with Crippen molar-refractivity contribution in [3.05, 3.63) is 53.6 Å². The zero-order chi connectivity index (χ0) is 21.8. The summed E-state index contributed by atoms with van der Waals surface area (Å²) in [5.41, 5.74) is 0.779. The van der Waals surface area contributed by atoms with E-state index in [4.69, 9.17) is 4.74 Å². The lowest BCUT2D eigenvalue weighted by Gasteiger charge is -2.42. The fourth-order valence-electron chi connectivity index (χ4n) is 5.99. The summed E-state index contributed by atoms with van der Waals surface area (Å²) in [6, 6.07) is 6.80. The maximum Gasteiger partial charge on any atom is 0.172 e. The van der Waals surface area contributed by atoms with Crippen molar-refractivity contribution in [3.8, 4) is 5.75 Å². The minimum atomic E-state index is -0.471. The fraction of sp³-hybridized carbons (Fsp3) is 0.571. The van der Waals surface area contributed by atoms with Gasteiger partial charge >= 0.3 is 0 Å². The van der Waals surface area contributed by atoms with Gasteiger partial charge in [-0.1, -0.05) is 50.8 Å². The average molecular weight is 427 g/mol. The van der Waals surface area contributed by atoms with Crippen molar-refractivity contribution in [2.24, 2.45) is 17.8 Å². The molecule has 0 aliphatic heterocycles. The number of hydrogen-bond donors (Lipinski definition) is 0. The van der Waals surface area contributed by atoms with E-state index < -0.39 is 5.82 Å². The Hall–Kier alpha value is -1.90. The van der Waals surface area contributed by atoms with Gasteiger partial charge in [-0.2, -0.15) is 0 Å². The second-order valence-electron chi connectivity index (χ2n) is 9.70. The van der Waals surface area contributed by atoms with Crippen molar-refractivity contribution in [2.45, 2.75) is 77.6 Å². The van der Waals surface area contributed by atoms with Crippen LogP contribution in [0, 0.1) is 29.4 Å². The molecular formula is C28H36F2O. The third kappa shape index (κ3) is 4.96. The van der Waals surface area contributed by atoms with Crippen LogP contribution in [0.4, 0.5) is 8.78 Å². The molecule has 4 atom stereocenters. The highest BCUT2D eigenvalue weighted by molar-refractivity contribution is 5.85. The van der Waals surface area contributed by atoms with E-state index in [0.717, 1.165) is 41.5 Å². The molecule has 4 rings (SSSR count). The number of allylic oxidation sites excluding steroid dienone is 1. The molecule has 1 nitrogen and oxygen atoms in total. The van der Waals surface area contributed by atoms with Crippen LogP contribution in [0.5, 0.6) is 5.75 Å². The van der Waals surface area contributed by atoms with Crippen LogP contribution in [-0.4, -0.2) is 6.61 Å². The molecule has 3 heteroatoms. The van der Waals surface area contributed by atoms with Crippen LogP contribution in [0.1, 0.15) is 83.1 Å². The lowest BCUT2D eigenvalue weighted by molar-refractivity contribution is 0.112. The van der Waals surface area contributed by atoms with Crippen molar-refractivity contribution in [1.29, 1.82) is 0 Å². The fourth-order valence-corrected chi connectivity index (χ4v) is 5.99. The van der Waals surface area contributed by atoms with Gasteiger partial charge in [-0.3, -0.25) is 0 Å². The van der Waals surface area contributed by atoms with Crippen LogP contribution < -0.4 is 4.74 Å². The van der Waals surface area contributed by atoms with Crippen LogP contribution in [-0.2, 0) is 0 Å². The summed E-state index contributed by atoms with van der Waals surface area (Å²) in [4.78, 5) is 0. The third-order valence-corrected chi connectivity index (χ3v) is 7.73. The summed E-state index contributed by atoms with van der Waals surface area (Å²) >= 11 is 0. The Bertz CT molecular complexity index is 919. The van der Waals surface area contributed by atoms with Gasteiger partial charge in [0.1, 0.15) is 12.4 Å². The number of fused-ring (bicyclic) bond motifs is 2. The highest BCUT2D eigenvalue weighted by atomic mass is 19.1. The van der Waals surface area contributed by atoms with E-state index >= 15 is 4.39 Å². The molecule has 31 heavy (non-hydrogen) atoms. The van der Waals surface area contributed by atoms with E-state index in [1.807, 2.05) is 31.2 Å². The number of rotatable bonds is 7. The van der Waals surface area contributed by atoms with Crippen LogP contribution in [0.15, 0.2) is 36.4 Å². The molecule has 168 valence electrons. The Labute approximate surface area is 185 Å². The van der Waals surface area contributed by atoms with E-state index in [2.05, 4.69) is 6.92 Å². The molecule has 0 aromatic heterocycles. The van der Waals surface area contributed by atoms with Crippen molar-refractivity contribution >= 4 is 10.8 Å². The third-order valence-electron chi connectivity index (χ3n) is 7.73. The van der Waals surface area contributed by atoms with E-state index in [0.29, 0.717) is 12.0 Å². The lowest BCUT2D eigenvalue weighted by Crippen LogP contribution is -2.30. The Kier molecular flexibility index (Phi) is 7.30. The molecule has 0 heterocycles. The standard InChI is InChI=1S/C28H36F2O/c1-3-5-7-19-8-9-21-16-22(11-10-20(21)15-19)24-17-23-12-13-27(31-14-6-4-2)28(30)25(23)18-26(24)29/h4,6,12-13,17-22H,3,5,7-11,14-16H2,1-2H3. The Morgan fingerprint density at radius 2 is 1.84 bits per heavy atom. The minimum absolute atomic E-state index is 0.179. The highest BCUT2D eigenvalue weighted by Crippen LogP contribution is 2.49. The van der Waals surface area contributed by atoms with Gasteiger partial charge in [0.15, 0.2) is 11.6 Å². The number of unbranched alkanes of at least 4 members (excludes halogenated alkanes) is 1. The van der Waals surface area contributed by atoms with Crippen LogP contribution in [0.3, 0.4) is 0 Å². The zero-order valence-electron chi connectivity index (χ0n) is 19.0. The minimum Gasteiger partial charge on any atom is -0.486 e. The summed E-state index contributed by atoms with van der Waals surface area (Å²) in [5, 5.41) is 1.07. The van der Waals surface area contributed by atoms with Gasteiger partial charge in [0.25, 0.3) is 0 Å². The molecule has 0 saturated heterocycles. The molecule has 0 spiro atoms. The highest BCUT2D eigenvalue weighted by Gasteiger charge is 2.36. The maximum absolute atomic E-state index is 15.1. The molecule has 0 radical (unpaired) electrons. The SMILES string of the molecule is CC=CCOc1ccc2cc(C3CCC4CC(CCCC)CCC4C3)c(F)cc2c1F. The van der Waals surface area contributed by atoms with E-state index in [1.54, 1.807) is 6.07 Å². The van der Waals surface area contributed by atoms with Gasteiger partial charge in [-0.05, 0) is 91.8 Å². The first kappa shape index (κ1) is 22.3. The van der Waals surface area contributed by atoms with E-state index in [-0.39, 0.29) is 17.5 Å². The van der Waals surface area contributed by atoms with Crippen LogP contribution in [0.25, 0.3) is 10.8 Å². The van der Waals surface area contributed by atoms with Gasteiger partial charge in [-0.25, -0.2) is 8.78 Å². The van der Waals surface area contributed by atoms with Gasteiger partial charge < -0.3 is 4.74 Å². The van der Waals surface area contributed by atoms with Gasteiger partial charge in [0, 0.05) is 5.39 Å². The molecule has 4 unspecified atom stereocenters. The van der Waals surface area contributed by atoms with Crippen LogP contribution in [0.2, 0.25) is 0 Å². The molecule has 0 amide bonds. The molecule has 2 aliphatic rings. The molecule has 2 saturated carbocycles. The summed E-state index contributed by atoms with van der Waals surface area (Å²) in [6.45, 7) is 4.48. The molecule has 0 bridgehead atoms. The van der Waals surface area contributed by atoms with Crippen molar-refractivity contribution in [2.75, 3.05) is 6.61 Å². The van der Waals surface area contributed by atoms with Crippen molar-refractivity contribution in [1.82, 2.24) is 0 Å². The molecule has 2 aromatic carbocycles. The molecule has 0 N–H and O–H groups in total. The van der Waals surface area contributed by atoms with Crippen molar-refractivity contribution in [3.63, 3.8) is 0 Å². The van der Waals surface area contributed by atoms with E-state index in [9.17, 15) is 4.39 Å². The number of benzene rings is 2. The molecule has 2 aliphatic carbocycles. The Morgan fingerprint density at radius 3 is 2.65 bits per heavy atom. The zero-order valence-corrected chi connectivity index (χ0v) is 19.0. The quantitative estimate of drug-likeness (QED) is 0.403. The molecular weight excluding hydrogens is 390 g/mol. The number of ether oxygens (including phenoxy) is 1. The smallest absolute Gasteiger partial charge is 0.172 e. The summed E-state index contributed by atoms with van der Waals surface area (Å²) < 4.78 is 35.5. The maximum atomic E-state index is 15.1. The predicted octanol–water partition coefficient (Wildman–Crippen LogP) is 8.56. The van der Waals surface area contributed by atoms with Gasteiger partial charge in [-0.15, -0.1) is 0 Å². The Morgan fingerprint density at radius 1 is 1.03 bits per heavy atom. The lowest BCUT2D eigenvalue weighted by atomic mass is 9.63. The van der Waals surface area contributed by atoms with Crippen molar-refractivity contribution < 1.29 is 13.5 Å². The number of hydrogen-bond acceptors (Lipinski definition) is 1. The first-order valence-corrected chi connectivity index (χ1v) is 12.3. The second kappa shape index (κ2) is 10.1. The Balaban J connectivity index is 1.49. The first-order chi connectivity index (χ1) is 15.1.